The molecule has 24 heavy (non-hydrogen) atoms. The number of benzene rings is 1. The standard InChI is InChI=1S/C19H27NO4/c1-24-16-12-10-15(11-13-16)17-7-3-2-6-14-20(17)18(21)8-4-5-9-19(22)23/h10-13,17H,2-9,14H2,1H3,(H,22,23). The molecule has 0 bridgehead atoms. The summed E-state index contributed by atoms with van der Waals surface area (Å²) in [6.45, 7) is 0.786. The van der Waals surface area contributed by atoms with Crippen LogP contribution in [0.1, 0.15) is 63.0 Å². The second kappa shape index (κ2) is 9.30. The van der Waals surface area contributed by atoms with E-state index < -0.39 is 5.97 Å². The molecule has 132 valence electrons. The maximum atomic E-state index is 12.7. The third-order valence-electron chi connectivity index (χ3n) is 4.61. The first-order chi connectivity index (χ1) is 11.6. The predicted molar refractivity (Wildman–Crippen MR) is 92.0 cm³/mol. The minimum atomic E-state index is -0.798. The van der Waals surface area contributed by atoms with E-state index in [0.29, 0.717) is 19.3 Å². The number of likely N-dealkylation sites (tertiary alicyclic amines) is 1. The number of methoxy groups -OCH3 is 1. The molecule has 5 nitrogen and oxygen atoms in total. The largest absolute Gasteiger partial charge is 0.497 e. The molecule has 1 amide bonds. The molecule has 1 aliphatic heterocycles. The van der Waals surface area contributed by atoms with Crippen molar-refractivity contribution in [2.75, 3.05) is 13.7 Å². The zero-order valence-electron chi connectivity index (χ0n) is 14.4. The molecule has 2 rings (SSSR count). The van der Waals surface area contributed by atoms with Crippen LogP contribution in [0.2, 0.25) is 0 Å². The maximum absolute atomic E-state index is 12.7. The molecular formula is C19H27NO4. The summed E-state index contributed by atoms with van der Waals surface area (Å²) in [4.78, 5) is 25.2. The van der Waals surface area contributed by atoms with Crippen molar-refractivity contribution in [1.82, 2.24) is 4.90 Å². The van der Waals surface area contributed by atoms with Crippen LogP contribution in [0.15, 0.2) is 24.3 Å². The molecule has 0 aromatic heterocycles. The van der Waals surface area contributed by atoms with Crippen molar-refractivity contribution >= 4 is 11.9 Å². The second-order valence-corrected chi connectivity index (χ2v) is 6.33. The number of carbonyl (C=O) groups is 2. The topological polar surface area (TPSA) is 66.8 Å². The van der Waals surface area contributed by atoms with Crippen LogP contribution in [-0.2, 0) is 9.59 Å². The number of nitrogens with zero attached hydrogens (tertiary/aromatic N) is 1. The highest BCUT2D eigenvalue weighted by atomic mass is 16.5. The predicted octanol–water partition coefficient (Wildman–Crippen LogP) is 3.78. The van der Waals surface area contributed by atoms with E-state index in [9.17, 15) is 9.59 Å². The van der Waals surface area contributed by atoms with Crippen LogP contribution in [-0.4, -0.2) is 35.5 Å². The molecule has 1 heterocycles. The van der Waals surface area contributed by atoms with Gasteiger partial charge in [-0.3, -0.25) is 9.59 Å². The molecule has 0 radical (unpaired) electrons. The fourth-order valence-corrected chi connectivity index (χ4v) is 3.28. The molecule has 0 saturated carbocycles. The number of carboxylic acid groups (broad SMARTS) is 1. The van der Waals surface area contributed by atoms with Crippen molar-refractivity contribution in [3.63, 3.8) is 0 Å². The highest BCUT2D eigenvalue weighted by molar-refractivity contribution is 5.77. The average Bonchev–Trinajstić information content (AvgIpc) is 2.84. The normalized spacial score (nSPS) is 18.0. The summed E-state index contributed by atoms with van der Waals surface area (Å²) in [5.74, 6) is 0.162. The first-order valence-electron chi connectivity index (χ1n) is 8.77. The first-order valence-corrected chi connectivity index (χ1v) is 8.77. The lowest BCUT2D eigenvalue weighted by molar-refractivity contribution is -0.138. The summed E-state index contributed by atoms with van der Waals surface area (Å²) in [6.07, 6.45) is 6.05. The smallest absolute Gasteiger partial charge is 0.303 e. The van der Waals surface area contributed by atoms with Gasteiger partial charge >= 0.3 is 5.97 Å². The van der Waals surface area contributed by atoms with Crippen molar-refractivity contribution in [1.29, 1.82) is 0 Å². The monoisotopic (exact) mass is 333 g/mol. The third kappa shape index (κ3) is 5.25. The quantitative estimate of drug-likeness (QED) is 0.771. The number of ether oxygens (including phenoxy) is 1. The van der Waals surface area contributed by atoms with Gasteiger partial charge in [0.25, 0.3) is 0 Å². The minimum absolute atomic E-state index is 0.116. The van der Waals surface area contributed by atoms with Crippen LogP contribution < -0.4 is 4.74 Å². The van der Waals surface area contributed by atoms with Crippen molar-refractivity contribution < 1.29 is 19.4 Å². The zero-order chi connectivity index (χ0) is 17.4. The van der Waals surface area contributed by atoms with Crippen molar-refractivity contribution in [2.24, 2.45) is 0 Å². The molecule has 1 fully saturated rings. The number of unbranched alkanes of at least 4 members (excludes halogenated alkanes) is 1. The second-order valence-electron chi connectivity index (χ2n) is 6.33. The highest BCUT2D eigenvalue weighted by Gasteiger charge is 2.26. The van der Waals surface area contributed by atoms with Gasteiger partial charge in [0, 0.05) is 19.4 Å². The summed E-state index contributed by atoms with van der Waals surface area (Å²) in [6, 6.07) is 8.08. The van der Waals surface area contributed by atoms with Crippen molar-refractivity contribution in [3.8, 4) is 5.75 Å². The molecule has 1 saturated heterocycles. The number of rotatable bonds is 7. The number of aliphatic carboxylic acids is 1. The number of carboxylic acids is 1. The lowest BCUT2D eigenvalue weighted by atomic mass is 10.00. The maximum Gasteiger partial charge on any atom is 0.303 e. The van der Waals surface area contributed by atoms with Crippen LogP contribution in [0.25, 0.3) is 0 Å². The van der Waals surface area contributed by atoms with E-state index in [1.54, 1.807) is 7.11 Å². The van der Waals surface area contributed by atoms with E-state index in [1.807, 2.05) is 29.2 Å². The molecule has 0 aliphatic carbocycles. The van der Waals surface area contributed by atoms with Gasteiger partial charge in [-0.2, -0.15) is 0 Å². The van der Waals surface area contributed by atoms with Gasteiger partial charge in [-0.1, -0.05) is 25.0 Å². The van der Waals surface area contributed by atoms with Crippen molar-refractivity contribution in [2.45, 2.75) is 57.4 Å². The summed E-state index contributed by atoms with van der Waals surface area (Å²) >= 11 is 0. The first kappa shape index (κ1) is 18.3. The van der Waals surface area contributed by atoms with E-state index in [2.05, 4.69) is 0 Å². The summed E-state index contributed by atoms with van der Waals surface area (Å²) in [5, 5.41) is 8.69. The van der Waals surface area contributed by atoms with Crippen LogP contribution in [0.3, 0.4) is 0 Å². The van der Waals surface area contributed by atoms with Crippen LogP contribution in [0, 0.1) is 0 Å². The van der Waals surface area contributed by atoms with Gasteiger partial charge in [0.1, 0.15) is 5.75 Å². The van der Waals surface area contributed by atoms with Gasteiger partial charge < -0.3 is 14.7 Å². The van der Waals surface area contributed by atoms with Gasteiger partial charge in [0.15, 0.2) is 0 Å². The molecule has 1 unspecified atom stereocenters. The Labute approximate surface area is 143 Å². The number of hydrogen-bond donors (Lipinski definition) is 1. The fourth-order valence-electron chi connectivity index (χ4n) is 3.28. The Bertz CT molecular complexity index is 541. The average molecular weight is 333 g/mol. The van der Waals surface area contributed by atoms with Gasteiger partial charge in [-0.25, -0.2) is 0 Å². The van der Waals surface area contributed by atoms with E-state index in [4.69, 9.17) is 9.84 Å². The lowest BCUT2D eigenvalue weighted by Crippen LogP contribution is -2.34. The molecule has 1 aromatic carbocycles. The third-order valence-corrected chi connectivity index (χ3v) is 4.61. The lowest BCUT2D eigenvalue weighted by Gasteiger charge is -2.31. The van der Waals surface area contributed by atoms with Crippen LogP contribution in [0.5, 0.6) is 5.75 Å². The zero-order valence-corrected chi connectivity index (χ0v) is 14.4. The van der Waals surface area contributed by atoms with Crippen molar-refractivity contribution in [3.05, 3.63) is 29.8 Å². The Morgan fingerprint density at radius 2 is 1.83 bits per heavy atom. The molecule has 1 N–H and O–H groups in total. The Morgan fingerprint density at radius 1 is 1.12 bits per heavy atom. The Balaban J connectivity index is 2.02. The number of amides is 1. The summed E-state index contributed by atoms with van der Waals surface area (Å²) in [7, 11) is 1.65. The van der Waals surface area contributed by atoms with Crippen LogP contribution in [0.4, 0.5) is 0 Å². The van der Waals surface area contributed by atoms with Gasteiger partial charge in [0.05, 0.1) is 13.2 Å². The molecule has 1 aliphatic rings. The molecule has 0 spiro atoms. The van der Waals surface area contributed by atoms with E-state index >= 15 is 0 Å². The minimum Gasteiger partial charge on any atom is -0.497 e. The number of carbonyl (C=O) groups excluding carboxylic acids is 1. The fraction of sp³-hybridized carbons (Fsp3) is 0.579. The Kier molecular flexibility index (Phi) is 7.09. The number of hydrogen-bond acceptors (Lipinski definition) is 3. The summed E-state index contributed by atoms with van der Waals surface area (Å²) < 4.78 is 5.21. The highest BCUT2D eigenvalue weighted by Crippen LogP contribution is 2.31. The van der Waals surface area contributed by atoms with Crippen LogP contribution >= 0.6 is 0 Å². The van der Waals surface area contributed by atoms with Gasteiger partial charge in [-0.15, -0.1) is 0 Å². The molecule has 1 atom stereocenters. The van der Waals surface area contributed by atoms with E-state index in [1.165, 1.54) is 0 Å². The van der Waals surface area contributed by atoms with E-state index in [-0.39, 0.29) is 18.4 Å². The van der Waals surface area contributed by atoms with Gasteiger partial charge in [0.2, 0.25) is 5.91 Å². The SMILES string of the molecule is COc1ccc(C2CCCCCN2C(=O)CCCCC(=O)O)cc1. The molecular weight excluding hydrogens is 306 g/mol. The Hall–Kier alpha value is -2.04. The molecule has 1 aromatic rings. The van der Waals surface area contributed by atoms with E-state index in [0.717, 1.165) is 43.5 Å². The Morgan fingerprint density at radius 3 is 2.50 bits per heavy atom. The van der Waals surface area contributed by atoms with Gasteiger partial charge in [-0.05, 0) is 43.4 Å². The summed E-state index contributed by atoms with van der Waals surface area (Å²) in [5.41, 5.74) is 1.15. The molecule has 5 heteroatoms.